The summed E-state index contributed by atoms with van der Waals surface area (Å²) < 4.78 is 10.9. The number of ketones is 1. The van der Waals surface area contributed by atoms with Crippen LogP contribution in [0.1, 0.15) is 50.4 Å². The van der Waals surface area contributed by atoms with Crippen molar-refractivity contribution in [1.29, 1.82) is 0 Å². The molecule has 0 bridgehead atoms. The third-order valence-corrected chi connectivity index (χ3v) is 6.67. The number of anilines is 2. The van der Waals surface area contributed by atoms with E-state index in [9.17, 15) is 19.5 Å². The molecule has 2 amide bonds. The van der Waals surface area contributed by atoms with Crippen molar-refractivity contribution in [2.75, 3.05) is 24.4 Å². The molecule has 1 unspecified atom stereocenters. The molecule has 8 heteroatoms. The first-order chi connectivity index (χ1) is 18.5. The monoisotopic (exact) mass is 528 g/mol. The molecule has 0 radical (unpaired) electrons. The predicted molar refractivity (Wildman–Crippen MR) is 150 cm³/mol. The van der Waals surface area contributed by atoms with Crippen LogP contribution < -0.4 is 19.7 Å². The second-order valence-corrected chi connectivity index (χ2v) is 10.3. The molecule has 0 saturated carbocycles. The van der Waals surface area contributed by atoms with Crippen molar-refractivity contribution in [1.82, 2.24) is 0 Å². The van der Waals surface area contributed by atoms with Gasteiger partial charge >= 0.3 is 0 Å². The number of nitrogens with one attached hydrogen (secondary N) is 1. The molecule has 4 rings (SSSR count). The summed E-state index contributed by atoms with van der Waals surface area (Å²) in [5, 5.41) is 14.3. The zero-order valence-electron chi connectivity index (χ0n) is 22.9. The van der Waals surface area contributed by atoms with Crippen molar-refractivity contribution in [3.8, 4) is 11.5 Å². The Kier molecular flexibility index (Phi) is 7.49. The normalized spacial score (nSPS) is 16.8. The van der Waals surface area contributed by atoms with Crippen LogP contribution in [0.4, 0.5) is 11.4 Å². The van der Waals surface area contributed by atoms with Crippen LogP contribution >= 0.6 is 0 Å². The second kappa shape index (κ2) is 10.6. The Hall–Kier alpha value is -4.59. The van der Waals surface area contributed by atoms with Gasteiger partial charge in [-0.2, -0.15) is 0 Å². The van der Waals surface area contributed by atoms with E-state index in [1.165, 1.54) is 26.0 Å². The number of hydrogen-bond acceptors (Lipinski definition) is 6. The van der Waals surface area contributed by atoms with Gasteiger partial charge in [-0.15, -0.1) is 0 Å². The Morgan fingerprint density at radius 2 is 1.46 bits per heavy atom. The minimum absolute atomic E-state index is 0.0859. The third-order valence-electron chi connectivity index (χ3n) is 6.67. The third kappa shape index (κ3) is 5.23. The zero-order valence-corrected chi connectivity index (χ0v) is 22.9. The summed E-state index contributed by atoms with van der Waals surface area (Å²) >= 11 is 0. The lowest BCUT2D eigenvalue weighted by Gasteiger charge is -2.27. The van der Waals surface area contributed by atoms with Crippen LogP contribution in [0.5, 0.6) is 11.5 Å². The summed E-state index contributed by atoms with van der Waals surface area (Å²) in [4.78, 5) is 39.9. The maximum absolute atomic E-state index is 13.6. The van der Waals surface area contributed by atoms with Crippen LogP contribution in [-0.2, 0) is 19.8 Å². The van der Waals surface area contributed by atoms with Gasteiger partial charge in [-0.05, 0) is 52.9 Å². The highest BCUT2D eigenvalue weighted by Gasteiger charge is 2.47. The van der Waals surface area contributed by atoms with Crippen LogP contribution in [0, 0.1) is 0 Å². The molecule has 1 fully saturated rings. The van der Waals surface area contributed by atoms with E-state index >= 15 is 0 Å². The number of carbonyl (C=O) groups is 3. The van der Waals surface area contributed by atoms with Gasteiger partial charge in [-0.1, -0.05) is 51.1 Å². The van der Waals surface area contributed by atoms with Crippen LogP contribution in [-0.4, -0.2) is 36.9 Å². The lowest BCUT2D eigenvalue weighted by molar-refractivity contribution is -0.132. The number of hydrogen-bond donors (Lipinski definition) is 2. The Balaban J connectivity index is 1.95. The van der Waals surface area contributed by atoms with Crippen molar-refractivity contribution in [3.05, 3.63) is 89.0 Å². The molecule has 0 spiro atoms. The van der Waals surface area contributed by atoms with Crippen molar-refractivity contribution < 1.29 is 29.0 Å². The van der Waals surface area contributed by atoms with E-state index in [4.69, 9.17) is 9.47 Å². The summed E-state index contributed by atoms with van der Waals surface area (Å²) in [7, 11) is 2.90. The first kappa shape index (κ1) is 27.4. The van der Waals surface area contributed by atoms with Crippen molar-refractivity contribution in [3.63, 3.8) is 0 Å². The molecule has 202 valence electrons. The van der Waals surface area contributed by atoms with Gasteiger partial charge in [-0.3, -0.25) is 19.3 Å². The minimum atomic E-state index is -0.930. The lowest BCUT2D eigenvalue weighted by atomic mass is 9.85. The number of rotatable bonds is 6. The highest BCUT2D eigenvalue weighted by molar-refractivity contribution is 6.51. The van der Waals surface area contributed by atoms with E-state index in [1.807, 2.05) is 24.3 Å². The van der Waals surface area contributed by atoms with Gasteiger partial charge in [0.1, 0.15) is 22.8 Å². The van der Waals surface area contributed by atoms with Crippen LogP contribution in [0.15, 0.2) is 72.3 Å². The Labute approximate surface area is 227 Å². The molecule has 1 aliphatic rings. The van der Waals surface area contributed by atoms with E-state index in [0.717, 1.165) is 5.56 Å². The number of amides is 2. The average Bonchev–Trinajstić information content (AvgIpc) is 3.17. The zero-order chi connectivity index (χ0) is 28.5. The number of aliphatic hydroxyl groups is 1. The number of nitrogens with zero attached hydrogens (tertiary/aromatic N) is 1. The topological polar surface area (TPSA) is 105 Å². The molecule has 3 aromatic carbocycles. The minimum Gasteiger partial charge on any atom is -0.506 e. The number of ether oxygens (including phenoxy) is 2. The van der Waals surface area contributed by atoms with Gasteiger partial charge < -0.3 is 19.9 Å². The van der Waals surface area contributed by atoms with E-state index in [1.54, 1.807) is 42.5 Å². The molecule has 8 nitrogen and oxygen atoms in total. The van der Waals surface area contributed by atoms with Crippen LogP contribution in [0.3, 0.4) is 0 Å². The first-order valence-electron chi connectivity index (χ1n) is 12.5. The van der Waals surface area contributed by atoms with E-state index in [-0.39, 0.29) is 22.5 Å². The fourth-order valence-corrected chi connectivity index (χ4v) is 4.71. The molecule has 1 aliphatic heterocycles. The molecule has 0 aromatic heterocycles. The smallest absolute Gasteiger partial charge is 0.300 e. The molecule has 1 atom stereocenters. The quantitative estimate of drug-likeness (QED) is 0.246. The number of aliphatic hydroxyl groups excluding tert-OH is 1. The maximum atomic E-state index is 13.6. The fourth-order valence-electron chi connectivity index (χ4n) is 4.71. The second-order valence-electron chi connectivity index (χ2n) is 10.3. The molecular weight excluding hydrogens is 496 g/mol. The summed E-state index contributed by atoms with van der Waals surface area (Å²) in [6.45, 7) is 7.69. The molecule has 3 aromatic rings. The summed E-state index contributed by atoms with van der Waals surface area (Å²) in [5.41, 5.74) is 2.69. The number of benzene rings is 3. The van der Waals surface area contributed by atoms with Crippen molar-refractivity contribution >= 4 is 34.7 Å². The Morgan fingerprint density at radius 3 is 1.95 bits per heavy atom. The molecular formula is C31H32N2O6. The van der Waals surface area contributed by atoms with Crippen LogP contribution in [0.2, 0.25) is 0 Å². The fraction of sp³-hybridized carbons (Fsp3) is 0.258. The largest absolute Gasteiger partial charge is 0.506 e. The Bertz CT molecular complexity index is 1430. The molecule has 1 heterocycles. The van der Waals surface area contributed by atoms with Gasteiger partial charge in [0.2, 0.25) is 5.91 Å². The number of carbonyl (C=O) groups excluding carboxylic acids is 3. The number of methoxy groups -OCH3 is 2. The van der Waals surface area contributed by atoms with Gasteiger partial charge in [0.05, 0.1) is 25.8 Å². The predicted octanol–water partition coefficient (Wildman–Crippen LogP) is 5.59. The summed E-state index contributed by atoms with van der Waals surface area (Å²) in [6.07, 6.45) is 0. The van der Waals surface area contributed by atoms with E-state index < -0.39 is 23.5 Å². The lowest BCUT2D eigenvalue weighted by Crippen LogP contribution is -2.29. The molecule has 39 heavy (non-hydrogen) atoms. The van der Waals surface area contributed by atoms with E-state index in [0.29, 0.717) is 28.4 Å². The van der Waals surface area contributed by atoms with Gasteiger partial charge in [0, 0.05) is 18.3 Å². The SMILES string of the molecule is COc1cccc(OC)c1/C(O)=C1\C(=O)C(=O)N(c2ccc(NC(C)=O)cc2)C1c1ccc(C(C)(C)C)cc1. The molecule has 2 N–H and O–H groups in total. The number of Topliss-reactive ketones (excluding diaryl/α,β-unsaturated/α-hetero) is 1. The van der Waals surface area contributed by atoms with Gasteiger partial charge in [-0.25, -0.2) is 0 Å². The maximum Gasteiger partial charge on any atom is 0.300 e. The standard InChI is InChI=1S/C31H32N2O6/c1-18(34)32-21-14-16-22(17-15-21)33-27(19-10-12-20(13-11-19)31(2,3)4)26(29(36)30(33)37)28(35)25-23(38-5)8-7-9-24(25)39-6/h7-17,27,35H,1-6H3,(H,32,34)/b28-26+. The van der Waals surface area contributed by atoms with Crippen LogP contribution in [0.25, 0.3) is 5.76 Å². The van der Waals surface area contributed by atoms with Crippen molar-refractivity contribution in [2.24, 2.45) is 0 Å². The Morgan fingerprint density at radius 1 is 0.897 bits per heavy atom. The highest BCUT2D eigenvalue weighted by atomic mass is 16.5. The molecule has 0 aliphatic carbocycles. The van der Waals surface area contributed by atoms with E-state index in [2.05, 4.69) is 26.1 Å². The average molecular weight is 529 g/mol. The van der Waals surface area contributed by atoms with Crippen molar-refractivity contribution in [2.45, 2.75) is 39.2 Å². The first-order valence-corrected chi connectivity index (χ1v) is 12.5. The highest BCUT2D eigenvalue weighted by Crippen LogP contribution is 2.45. The van der Waals surface area contributed by atoms with Gasteiger partial charge in [0.15, 0.2) is 0 Å². The summed E-state index contributed by atoms with van der Waals surface area (Å²) in [5.74, 6) is -1.67. The molecule has 1 saturated heterocycles. The summed E-state index contributed by atoms with van der Waals surface area (Å²) in [6, 6.07) is 18.3. The van der Waals surface area contributed by atoms with Gasteiger partial charge in [0.25, 0.3) is 11.7 Å².